The molecule has 5 rings (SSSR count). The van der Waals surface area contributed by atoms with Gasteiger partial charge in [0.2, 0.25) is 5.91 Å². The summed E-state index contributed by atoms with van der Waals surface area (Å²) < 4.78 is 0. The van der Waals surface area contributed by atoms with E-state index in [0.717, 1.165) is 58.3 Å². The van der Waals surface area contributed by atoms with E-state index in [1.54, 1.807) is 0 Å². The molecular weight excluding hydrogens is 348 g/mol. The highest BCUT2D eigenvalue weighted by molar-refractivity contribution is 5.77. The number of piperidine rings is 1. The molecule has 2 aromatic rings. The predicted octanol–water partition coefficient (Wildman–Crippen LogP) is 3.23. The molecule has 5 nitrogen and oxygen atoms in total. The van der Waals surface area contributed by atoms with Gasteiger partial charge in [0.25, 0.3) is 0 Å². The number of fused-ring (bicyclic) bond motifs is 3. The zero-order valence-corrected chi connectivity index (χ0v) is 16.8. The second-order valence-corrected chi connectivity index (χ2v) is 8.61. The number of imidazole rings is 1. The fourth-order valence-electron chi connectivity index (χ4n) is 5.86. The van der Waals surface area contributed by atoms with E-state index in [1.165, 1.54) is 22.5 Å². The van der Waals surface area contributed by atoms with Crippen molar-refractivity contribution in [3.05, 3.63) is 53.1 Å². The number of aromatic nitrogens is 2. The number of likely N-dealkylation sites (tertiary alicyclic amines) is 1. The Labute approximate surface area is 167 Å². The first-order chi connectivity index (χ1) is 13.7. The molecule has 1 saturated heterocycles. The number of benzene rings is 1. The summed E-state index contributed by atoms with van der Waals surface area (Å²) in [7, 11) is 0. The third-order valence-corrected chi connectivity index (χ3v) is 7.40. The van der Waals surface area contributed by atoms with Crippen molar-refractivity contribution < 1.29 is 4.79 Å². The molecule has 1 aromatic carbocycles. The van der Waals surface area contributed by atoms with Gasteiger partial charge in [0.1, 0.15) is 0 Å². The van der Waals surface area contributed by atoms with Crippen LogP contribution in [0, 0.1) is 0 Å². The molecule has 28 heavy (non-hydrogen) atoms. The maximum Gasteiger partial charge on any atom is 0.223 e. The Morgan fingerprint density at radius 2 is 2.04 bits per heavy atom. The second-order valence-electron chi connectivity index (χ2n) is 8.61. The van der Waals surface area contributed by atoms with Gasteiger partial charge in [-0.1, -0.05) is 31.2 Å². The molecule has 1 N–H and O–H groups in total. The highest BCUT2D eigenvalue weighted by Crippen LogP contribution is 2.42. The highest BCUT2D eigenvalue weighted by atomic mass is 16.2. The Balaban J connectivity index is 1.28. The number of hydrogen-bond acceptors (Lipinski definition) is 3. The number of hydrogen-bond donors (Lipinski definition) is 1. The van der Waals surface area contributed by atoms with E-state index >= 15 is 0 Å². The molecule has 1 aromatic heterocycles. The minimum absolute atomic E-state index is 0.0130. The topological polar surface area (TPSA) is 52.2 Å². The molecular formula is C23H30N4O. The van der Waals surface area contributed by atoms with Crippen molar-refractivity contribution in [1.82, 2.24) is 19.8 Å². The Bertz CT molecular complexity index is 865. The molecule has 2 aliphatic heterocycles. The van der Waals surface area contributed by atoms with Crippen LogP contribution in [0.3, 0.4) is 0 Å². The molecule has 3 aliphatic rings. The molecule has 0 unspecified atom stereocenters. The van der Waals surface area contributed by atoms with Crippen molar-refractivity contribution in [2.45, 2.75) is 56.9 Å². The predicted molar refractivity (Wildman–Crippen MR) is 109 cm³/mol. The van der Waals surface area contributed by atoms with Gasteiger partial charge in [-0.2, -0.15) is 0 Å². The number of aromatic amines is 1. The van der Waals surface area contributed by atoms with Crippen LogP contribution >= 0.6 is 0 Å². The van der Waals surface area contributed by atoms with Crippen LogP contribution in [0.2, 0.25) is 0 Å². The molecule has 148 valence electrons. The minimum atomic E-state index is 0.0130. The number of aryl methyl sites for hydroxylation is 1. The van der Waals surface area contributed by atoms with Crippen molar-refractivity contribution in [1.29, 1.82) is 0 Å². The number of nitrogens with zero attached hydrogens (tertiary/aromatic N) is 3. The van der Waals surface area contributed by atoms with Crippen LogP contribution in [0.25, 0.3) is 0 Å². The normalized spacial score (nSPS) is 23.6. The largest absolute Gasteiger partial charge is 0.348 e. The molecule has 1 atom stereocenters. The number of carbonyl (C=O) groups is 1. The fraction of sp³-hybridized carbons (Fsp3) is 0.565. The molecule has 1 spiro atoms. The molecule has 0 saturated carbocycles. The maximum atomic E-state index is 13.1. The average Bonchev–Trinajstić information content (AvgIpc) is 3.37. The van der Waals surface area contributed by atoms with Gasteiger partial charge in [-0.3, -0.25) is 9.69 Å². The molecule has 1 fully saturated rings. The van der Waals surface area contributed by atoms with Crippen molar-refractivity contribution in [3.63, 3.8) is 0 Å². The first kappa shape index (κ1) is 17.9. The van der Waals surface area contributed by atoms with E-state index in [-0.39, 0.29) is 5.54 Å². The fourth-order valence-corrected chi connectivity index (χ4v) is 5.86. The molecule has 1 aliphatic carbocycles. The van der Waals surface area contributed by atoms with Crippen molar-refractivity contribution in [2.75, 3.05) is 26.2 Å². The lowest BCUT2D eigenvalue weighted by Crippen LogP contribution is -2.57. The lowest BCUT2D eigenvalue weighted by molar-refractivity contribution is -0.134. The summed E-state index contributed by atoms with van der Waals surface area (Å²) in [5.41, 5.74) is 5.38. The van der Waals surface area contributed by atoms with Gasteiger partial charge < -0.3 is 9.88 Å². The van der Waals surface area contributed by atoms with Gasteiger partial charge in [-0.05, 0) is 49.3 Å². The van der Waals surface area contributed by atoms with Gasteiger partial charge >= 0.3 is 0 Å². The molecule has 3 heterocycles. The van der Waals surface area contributed by atoms with E-state index in [0.29, 0.717) is 18.2 Å². The van der Waals surface area contributed by atoms with E-state index in [2.05, 4.69) is 46.0 Å². The van der Waals surface area contributed by atoms with Gasteiger partial charge in [0, 0.05) is 38.2 Å². The number of H-pyrrole nitrogens is 1. The molecule has 1 amide bonds. The number of nitrogens with one attached hydrogen (secondary N) is 1. The van der Waals surface area contributed by atoms with Crippen molar-refractivity contribution in [3.8, 4) is 0 Å². The summed E-state index contributed by atoms with van der Waals surface area (Å²) in [4.78, 5) is 25.8. The van der Waals surface area contributed by atoms with Crippen LogP contribution < -0.4 is 0 Å². The standard InChI is InChI=1S/C23H30N4O/c1-2-27-12-9-20-22(25-16-24-20)23(27)10-13-26(14-11-23)21(28)15-18-8-7-17-5-3-4-6-19(17)18/h3-6,16,18H,2,7-15H2,1H3,(H,24,25)/t18-/m0/s1. The van der Waals surface area contributed by atoms with E-state index in [4.69, 9.17) is 4.98 Å². The summed E-state index contributed by atoms with van der Waals surface area (Å²) in [6.45, 7) is 6.05. The monoisotopic (exact) mass is 378 g/mol. The second kappa shape index (κ2) is 7.03. The average molecular weight is 379 g/mol. The third-order valence-electron chi connectivity index (χ3n) is 7.40. The molecule has 0 bridgehead atoms. The van der Waals surface area contributed by atoms with Crippen LogP contribution in [0.1, 0.15) is 61.0 Å². The lowest BCUT2D eigenvalue weighted by Gasteiger charge is -2.50. The van der Waals surface area contributed by atoms with Gasteiger partial charge in [0.05, 0.1) is 17.6 Å². The van der Waals surface area contributed by atoms with E-state index in [9.17, 15) is 4.79 Å². The van der Waals surface area contributed by atoms with Gasteiger partial charge in [0.15, 0.2) is 0 Å². The number of carbonyl (C=O) groups excluding carboxylic acids is 1. The van der Waals surface area contributed by atoms with Gasteiger partial charge in [-0.25, -0.2) is 4.98 Å². The van der Waals surface area contributed by atoms with Crippen LogP contribution in [0.15, 0.2) is 30.6 Å². The minimum Gasteiger partial charge on any atom is -0.348 e. The highest BCUT2D eigenvalue weighted by Gasteiger charge is 2.46. The zero-order chi connectivity index (χ0) is 19.1. The maximum absolute atomic E-state index is 13.1. The Kier molecular flexibility index (Phi) is 4.50. The summed E-state index contributed by atoms with van der Waals surface area (Å²) >= 11 is 0. The summed E-state index contributed by atoms with van der Waals surface area (Å²) in [6.07, 6.45) is 7.77. The van der Waals surface area contributed by atoms with Gasteiger partial charge in [-0.15, -0.1) is 0 Å². The van der Waals surface area contributed by atoms with Crippen LogP contribution in [-0.2, 0) is 23.2 Å². The number of rotatable bonds is 3. The van der Waals surface area contributed by atoms with Crippen LogP contribution in [-0.4, -0.2) is 51.9 Å². The lowest BCUT2D eigenvalue weighted by atomic mass is 9.78. The quantitative estimate of drug-likeness (QED) is 0.892. The number of likely N-dealkylation sites (N-methyl/N-ethyl adjacent to an activating group) is 1. The molecule has 5 heteroatoms. The van der Waals surface area contributed by atoms with Crippen molar-refractivity contribution in [2.24, 2.45) is 0 Å². The van der Waals surface area contributed by atoms with E-state index in [1.807, 2.05) is 6.33 Å². The van der Waals surface area contributed by atoms with Crippen LogP contribution in [0.4, 0.5) is 0 Å². The molecule has 0 radical (unpaired) electrons. The number of amides is 1. The first-order valence-electron chi connectivity index (χ1n) is 10.8. The van der Waals surface area contributed by atoms with Crippen molar-refractivity contribution >= 4 is 5.91 Å². The summed E-state index contributed by atoms with van der Waals surface area (Å²) in [5, 5.41) is 0. The smallest absolute Gasteiger partial charge is 0.223 e. The summed E-state index contributed by atoms with van der Waals surface area (Å²) in [5.74, 6) is 0.733. The Morgan fingerprint density at radius 3 is 2.86 bits per heavy atom. The SMILES string of the molecule is CCN1CCc2[nH]cnc2C12CCN(C(=O)C[C@@H]1CCc3ccccc31)CC2. The van der Waals surface area contributed by atoms with E-state index < -0.39 is 0 Å². The first-order valence-corrected chi connectivity index (χ1v) is 10.8. The Hall–Kier alpha value is -2.14. The summed E-state index contributed by atoms with van der Waals surface area (Å²) in [6, 6.07) is 8.65. The Morgan fingerprint density at radius 1 is 1.21 bits per heavy atom. The zero-order valence-electron chi connectivity index (χ0n) is 16.8. The van der Waals surface area contributed by atoms with Crippen LogP contribution in [0.5, 0.6) is 0 Å². The third kappa shape index (κ3) is 2.79.